The van der Waals surface area contributed by atoms with Gasteiger partial charge in [-0.05, 0) is 66.1 Å². The molecule has 4 nitrogen and oxygen atoms in total. The van der Waals surface area contributed by atoms with Crippen LogP contribution in [0.15, 0.2) is 69.9 Å². The molecule has 0 atom stereocenters. The molecule has 0 aliphatic rings. The summed E-state index contributed by atoms with van der Waals surface area (Å²) in [6.07, 6.45) is 0.815. The molecule has 31 heavy (non-hydrogen) atoms. The summed E-state index contributed by atoms with van der Waals surface area (Å²) < 4.78 is 17.4. The van der Waals surface area contributed by atoms with E-state index in [-0.39, 0.29) is 17.8 Å². The van der Waals surface area contributed by atoms with Crippen LogP contribution in [0, 0.1) is 0 Å². The molecule has 1 aromatic heterocycles. The summed E-state index contributed by atoms with van der Waals surface area (Å²) in [5.74, 6) is 1.22. The zero-order valence-corrected chi connectivity index (χ0v) is 18.6. The molecule has 4 rings (SSSR count). The van der Waals surface area contributed by atoms with Crippen molar-refractivity contribution in [3.8, 4) is 22.8 Å². The van der Waals surface area contributed by atoms with Gasteiger partial charge in [0.1, 0.15) is 17.9 Å². The molecule has 0 fully saturated rings. The maximum Gasteiger partial charge on any atom is 0.235 e. The third-order valence-electron chi connectivity index (χ3n) is 5.04. The zero-order valence-electron chi connectivity index (χ0n) is 17.1. The minimum atomic E-state index is -0.220. The van der Waals surface area contributed by atoms with Crippen molar-refractivity contribution in [2.75, 3.05) is 7.11 Å². The van der Waals surface area contributed by atoms with E-state index in [0.717, 1.165) is 17.5 Å². The highest BCUT2D eigenvalue weighted by atomic mass is 35.5. The summed E-state index contributed by atoms with van der Waals surface area (Å²) in [6.45, 7) is 2.18. The first-order chi connectivity index (χ1) is 15.0. The Balaban J connectivity index is 1.83. The van der Waals surface area contributed by atoms with Gasteiger partial charge < -0.3 is 13.9 Å². The molecule has 0 saturated heterocycles. The van der Waals surface area contributed by atoms with Crippen molar-refractivity contribution in [3.63, 3.8) is 0 Å². The van der Waals surface area contributed by atoms with Crippen LogP contribution in [-0.2, 0) is 13.0 Å². The number of methoxy groups -OCH3 is 1. The number of rotatable bonds is 6. The summed E-state index contributed by atoms with van der Waals surface area (Å²) in [5.41, 5.74) is 2.84. The van der Waals surface area contributed by atoms with E-state index in [4.69, 9.17) is 37.1 Å². The van der Waals surface area contributed by atoms with Gasteiger partial charge in [0.2, 0.25) is 11.2 Å². The van der Waals surface area contributed by atoms with Crippen molar-refractivity contribution in [2.45, 2.75) is 20.0 Å². The van der Waals surface area contributed by atoms with Gasteiger partial charge in [-0.25, -0.2) is 0 Å². The van der Waals surface area contributed by atoms with Crippen LogP contribution in [0.3, 0.4) is 0 Å². The number of aryl methyl sites for hydroxylation is 1. The van der Waals surface area contributed by atoms with E-state index < -0.39 is 0 Å². The van der Waals surface area contributed by atoms with Gasteiger partial charge in [-0.2, -0.15) is 0 Å². The lowest BCUT2D eigenvalue weighted by atomic mass is 10.1. The number of hydrogen-bond acceptors (Lipinski definition) is 4. The maximum absolute atomic E-state index is 13.4. The second kappa shape index (κ2) is 9.04. The number of halogens is 2. The van der Waals surface area contributed by atoms with Crippen LogP contribution in [-0.4, -0.2) is 7.11 Å². The van der Waals surface area contributed by atoms with Gasteiger partial charge in [0.05, 0.1) is 22.5 Å². The van der Waals surface area contributed by atoms with Crippen molar-refractivity contribution < 1.29 is 13.9 Å². The Hall–Kier alpha value is -2.95. The molecule has 158 valence electrons. The third-order valence-corrected chi connectivity index (χ3v) is 5.78. The average Bonchev–Trinajstić information content (AvgIpc) is 2.80. The van der Waals surface area contributed by atoms with Crippen molar-refractivity contribution in [2.24, 2.45) is 0 Å². The first-order valence-electron chi connectivity index (χ1n) is 9.81. The van der Waals surface area contributed by atoms with E-state index in [0.29, 0.717) is 38.1 Å². The normalized spacial score (nSPS) is 11.0. The highest BCUT2D eigenvalue weighted by Gasteiger charge is 2.18. The number of ether oxygens (including phenoxy) is 2. The van der Waals surface area contributed by atoms with Crippen molar-refractivity contribution in [1.29, 1.82) is 0 Å². The highest BCUT2D eigenvalue weighted by Crippen LogP contribution is 2.33. The van der Waals surface area contributed by atoms with Gasteiger partial charge in [-0.1, -0.05) is 42.3 Å². The Morgan fingerprint density at radius 1 is 0.903 bits per heavy atom. The SMILES string of the molecule is CCc1ccc2oc(-c3ccc(OC)cc3)c(OCc3ccc(Cl)c(Cl)c3)c(=O)c2c1. The fourth-order valence-electron chi connectivity index (χ4n) is 3.29. The molecular weight excluding hydrogens is 435 g/mol. The molecule has 0 spiro atoms. The number of benzene rings is 3. The zero-order chi connectivity index (χ0) is 22.0. The van der Waals surface area contributed by atoms with Gasteiger partial charge in [-0.15, -0.1) is 0 Å². The molecule has 0 unspecified atom stereocenters. The molecule has 4 aromatic rings. The Kier molecular flexibility index (Phi) is 6.21. The minimum absolute atomic E-state index is 0.143. The molecule has 0 radical (unpaired) electrons. The molecule has 0 N–H and O–H groups in total. The fourth-order valence-corrected chi connectivity index (χ4v) is 3.61. The van der Waals surface area contributed by atoms with E-state index in [1.165, 1.54) is 0 Å². The smallest absolute Gasteiger partial charge is 0.235 e. The molecular formula is C25H20Cl2O4. The third kappa shape index (κ3) is 4.41. The molecule has 0 aliphatic heterocycles. The van der Waals surface area contributed by atoms with Crippen LogP contribution >= 0.6 is 23.2 Å². The quantitative estimate of drug-likeness (QED) is 0.317. The number of hydrogen-bond donors (Lipinski definition) is 0. The van der Waals surface area contributed by atoms with Gasteiger partial charge in [0.15, 0.2) is 5.76 Å². The number of fused-ring (bicyclic) bond motifs is 1. The van der Waals surface area contributed by atoms with Crippen LogP contribution in [0.5, 0.6) is 11.5 Å². The van der Waals surface area contributed by atoms with Gasteiger partial charge in [0, 0.05) is 5.56 Å². The van der Waals surface area contributed by atoms with E-state index >= 15 is 0 Å². The second-order valence-corrected chi connectivity index (χ2v) is 7.85. The van der Waals surface area contributed by atoms with E-state index in [1.54, 1.807) is 25.3 Å². The predicted octanol–water partition coefficient (Wildman–Crippen LogP) is 6.92. The van der Waals surface area contributed by atoms with Crippen LogP contribution in [0.2, 0.25) is 10.0 Å². The average molecular weight is 455 g/mol. The molecule has 6 heteroatoms. The Morgan fingerprint density at radius 3 is 2.32 bits per heavy atom. The molecule has 3 aromatic carbocycles. The topological polar surface area (TPSA) is 48.7 Å². The lowest BCUT2D eigenvalue weighted by molar-refractivity contribution is 0.298. The van der Waals surface area contributed by atoms with Crippen molar-refractivity contribution in [1.82, 2.24) is 0 Å². The summed E-state index contributed by atoms with van der Waals surface area (Å²) >= 11 is 12.1. The van der Waals surface area contributed by atoms with Crippen molar-refractivity contribution >= 4 is 34.2 Å². The van der Waals surface area contributed by atoms with Gasteiger partial charge >= 0.3 is 0 Å². The predicted molar refractivity (Wildman–Crippen MR) is 125 cm³/mol. The van der Waals surface area contributed by atoms with Crippen LogP contribution < -0.4 is 14.9 Å². The Bertz CT molecular complexity index is 1290. The van der Waals surface area contributed by atoms with E-state index in [2.05, 4.69) is 0 Å². The van der Waals surface area contributed by atoms with Gasteiger partial charge in [-0.3, -0.25) is 4.79 Å². The Morgan fingerprint density at radius 2 is 1.65 bits per heavy atom. The lowest BCUT2D eigenvalue weighted by Gasteiger charge is -2.13. The summed E-state index contributed by atoms with van der Waals surface area (Å²) in [6, 6.07) is 18.1. The summed E-state index contributed by atoms with van der Waals surface area (Å²) in [5, 5.41) is 1.37. The molecule has 0 aliphatic carbocycles. The first-order valence-corrected chi connectivity index (χ1v) is 10.6. The molecule has 0 amide bonds. The molecule has 0 saturated carbocycles. The van der Waals surface area contributed by atoms with Crippen LogP contribution in [0.1, 0.15) is 18.1 Å². The minimum Gasteiger partial charge on any atom is -0.497 e. The van der Waals surface area contributed by atoms with Gasteiger partial charge in [0.25, 0.3) is 0 Å². The van der Waals surface area contributed by atoms with Crippen molar-refractivity contribution in [3.05, 3.63) is 92.1 Å². The fraction of sp³-hybridized carbons (Fsp3) is 0.160. The molecule has 1 heterocycles. The first kappa shape index (κ1) is 21.3. The lowest BCUT2D eigenvalue weighted by Crippen LogP contribution is -2.10. The van der Waals surface area contributed by atoms with E-state index in [1.807, 2.05) is 49.4 Å². The van der Waals surface area contributed by atoms with E-state index in [9.17, 15) is 4.79 Å². The monoisotopic (exact) mass is 454 g/mol. The van der Waals surface area contributed by atoms with Crippen LogP contribution in [0.25, 0.3) is 22.3 Å². The maximum atomic E-state index is 13.4. The Labute approximate surface area is 189 Å². The summed E-state index contributed by atoms with van der Waals surface area (Å²) in [4.78, 5) is 13.4. The summed E-state index contributed by atoms with van der Waals surface area (Å²) in [7, 11) is 1.60. The molecule has 0 bridgehead atoms. The standard InChI is InChI=1S/C25H20Cl2O4/c1-3-15-5-11-22-19(12-15)23(28)25(30-14-16-4-10-20(26)21(27)13-16)24(31-22)17-6-8-18(29-2)9-7-17/h4-13H,3,14H2,1-2H3. The highest BCUT2D eigenvalue weighted by molar-refractivity contribution is 6.42. The van der Waals surface area contributed by atoms with Crippen LogP contribution in [0.4, 0.5) is 0 Å². The second-order valence-electron chi connectivity index (χ2n) is 7.04. The largest absolute Gasteiger partial charge is 0.497 e.